The fraction of sp³-hybridized carbons (Fsp3) is 0.500. The van der Waals surface area contributed by atoms with Gasteiger partial charge in [-0.15, -0.1) is 24.8 Å². The van der Waals surface area contributed by atoms with Crippen LogP contribution in [0.4, 0.5) is 0 Å². The molecule has 4 nitrogen and oxygen atoms in total. The van der Waals surface area contributed by atoms with Crippen LogP contribution in [0.15, 0.2) is 24.4 Å². The second-order valence-corrected chi connectivity index (χ2v) is 3.86. The fourth-order valence-corrected chi connectivity index (χ4v) is 1.57. The Kier molecular flexibility index (Phi) is 9.90. The summed E-state index contributed by atoms with van der Waals surface area (Å²) in [5.41, 5.74) is 5.84. The second kappa shape index (κ2) is 9.14. The van der Waals surface area contributed by atoms with E-state index in [9.17, 15) is 4.79 Å². The maximum atomic E-state index is 11.9. The smallest absolute Gasteiger partial charge is 0.270 e. The van der Waals surface area contributed by atoms with Crippen molar-refractivity contribution in [2.24, 2.45) is 5.73 Å². The highest BCUT2D eigenvalue weighted by Crippen LogP contribution is 2.13. The largest absolute Gasteiger partial charge is 0.344 e. The van der Waals surface area contributed by atoms with Gasteiger partial charge in [-0.25, -0.2) is 0 Å². The van der Waals surface area contributed by atoms with E-state index in [1.807, 2.05) is 13.8 Å². The number of rotatable bonds is 5. The molecule has 0 aliphatic heterocycles. The molecule has 0 unspecified atom stereocenters. The van der Waals surface area contributed by atoms with Crippen molar-refractivity contribution in [1.29, 1.82) is 0 Å². The Bertz CT molecular complexity index is 334. The van der Waals surface area contributed by atoms with E-state index >= 15 is 0 Å². The van der Waals surface area contributed by atoms with Gasteiger partial charge in [0.25, 0.3) is 5.91 Å². The Morgan fingerprint density at radius 2 is 1.94 bits per heavy atom. The molecule has 0 aliphatic carbocycles. The molecule has 0 fully saturated rings. The number of aromatic nitrogens is 1. The molecule has 0 spiro atoms. The Balaban J connectivity index is 0. The Hall–Kier alpha value is -0.840. The van der Waals surface area contributed by atoms with Gasteiger partial charge in [-0.2, -0.15) is 0 Å². The van der Waals surface area contributed by atoms with Crippen LogP contribution in [0.2, 0.25) is 0 Å². The first-order valence-electron chi connectivity index (χ1n) is 5.61. The van der Waals surface area contributed by atoms with Crippen LogP contribution in [-0.4, -0.2) is 23.0 Å². The predicted molar refractivity (Wildman–Crippen MR) is 78.6 cm³/mol. The summed E-state index contributed by atoms with van der Waals surface area (Å²) >= 11 is 0. The lowest BCUT2D eigenvalue weighted by molar-refractivity contribution is 0.0890. The van der Waals surface area contributed by atoms with Gasteiger partial charge in [0.2, 0.25) is 0 Å². The first-order chi connectivity index (χ1) is 7.67. The van der Waals surface area contributed by atoms with Gasteiger partial charge in [0.05, 0.1) is 5.54 Å². The summed E-state index contributed by atoms with van der Waals surface area (Å²) in [6.07, 6.45) is 3.24. The average molecular weight is 294 g/mol. The minimum Gasteiger partial charge on any atom is -0.344 e. The van der Waals surface area contributed by atoms with Crippen LogP contribution in [0.1, 0.15) is 37.2 Å². The van der Waals surface area contributed by atoms with Crippen LogP contribution >= 0.6 is 24.8 Å². The molecular formula is C12H21Cl2N3O. The van der Waals surface area contributed by atoms with Crippen LogP contribution in [-0.2, 0) is 0 Å². The highest BCUT2D eigenvalue weighted by Gasteiger charge is 2.26. The number of carbonyl (C=O) groups is 1. The number of pyridine rings is 1. The summed E-state index contributed by atoms with van der Waals surface area (Å²) in [6, 6.07) is 5.28. The molecule has 0 aromatic carbocycles. The maximum absolute atomic E-state index is 11.9. The molecule has 0 radical (unpaired) electrons. The van der Waals surface area contributed by atoms with Crippen molar-refractivity contribution in [2.75, 3.05) is 6.54 Å². The number of nitrogens with zero attached hydrogens (tertiary/aromatic N) is 1. The van der Waals surface area contributed by atoms with E-state index in [4.69, 9.17) is 5.73 Å². The van der Waals surface area contributed by atoms with E-state index in [2.05, 4.69) is 10.3 Å². The molecule has 18 heavy (non-hydrogen) atoms. The van der Waals surface area contributed by atoms with Crippen molar-refractivity contribution >= 4 is 30.7 Å². The molecule has 0 saturated heterocycles. The van der Waals surface area contributed by atoms with E-state index in [1.165, 1.54) is 0 Å². The summed E-state index contributed by atoms with van der Waals surface area (Å²) in [6.45, 7) is 4.49. The third kappa shape index (κ3) is 4.80. The van der Waals surface area contributed by atoms with Crippen molar-refractivity contribution in [1.82, 2.24) is 10.3 Å². The van der Waals surface area contributed by atoms with Crippen LogP contribution in [0.3, 0.4) is 0 Å². The minimum absolute atomic E-state index is 0. The van der Waals surface area contributed by atoms with Gasteiger partial charge in [0, 0.05) is 12.7 Å². The van der Waals surface area contributed by atoms with Crippen molar-refractivity contribution in [3.8, 4) is 0 Å². The number of hydrogen-bond donors (Lipinski definition) is 2. The zero-order valence-corrected chi connectivity index (χ0v) is 12.3. The first kappa shape index (κ1) is 19.5. The first-order valence-corrected chi connectivity index (χ1v) is 5.61. The molecule has 0 atom stereocenters. The van der Waals surface area contributed by atoms with Gasteiger partial charge >= 0.3 is 0 Å². The van der Waals surface area contributed by atoms with Crippen LogP contribution < -0.4 is 11.1 Å². The SMILES string of the molecule is CCC(CC)(CN)NC(=O)c1ccccn1.Cl.Cl. The van der Waals surface area contributed by atoms with E-state index in [-0.39, 0.29) is 36.3 Å². The molecular weight excluding hydrogens is 273 g/mol. The van der Waals surface area contributed by atoms with Crippen LogP contribution in [0.25, 0.3) is 0 Å². The zero-order valence-electron chi connectivity index (χ0n) is 10.7. The molecule has 6 heteroatoms. The third-order valence-electron chi connectivity index (χ3n) is 3.02. The van der Waals surface area contributed by atoms with Gasteiger partial charge < -0.3 is 11.1 Å². The molecule has 1 heterocycles. The number of amides is 1. The van der Waals surface area contributed by atoms with E-state index in [1.54, 1.807) is 24.4 Å². The van der Waals surface area contributed by atoms with Crippen LogP contribution in [0, 0.1) is 0 Å². The number of halogens is 2. The minimum atomic E-state index is -0.311. The molecule has 104 valence electrons. The van der Waals surface area contributed by atoms with E-state index in [0.717, 1.165) is 12.8 Å². The molecule has 3 N–H and O–H groups in total. The predicted octanol–water partition coefficient (Wildman–Crippen LogP) is 2.17. The number of hydrogen-bond acceptors (Lipinski definition) is 3. The normalized spacial score (nSPS) is 9.94. The molecule has 0 aliphatic rings. The number of nitrogens with two attached hydrogens (primary N) is 1. The van der Waals surface area contributed by atoms with Gasteiger partial charge in [0.1, 0.15) is 5.69 Å². The topological polar surface area (TPSA) is 68.0 Å². The quantitative estimate of drug-likeness (QED) is 0.874. The lowest BCUT2D eigenvalue weighted by Crippen LogP contribution is -2.53. The van der Waals surface area contributed by atoms with E-state index in [0.29, 0.717) is 12.2 Å². The molecule has 1 aromatic heterocycles. The summed E-state index contributed by atoms with van der Waals surface area (Å²) in [5, 5.41) is 2.97. The monoisotopic (exact) mass is 293 g/mol. The number of nitrogens with one attached hydrogen (secondary N) is 1. The van der Waals surface area contributed by atoms with Crippen LogP contribution in [0.5, 0.6) is 0 Å². The molecule has 1 aromatic rings. The molecule has 0 bridgehead atoms. The highest BCUT2D eigenvalue weighted by molar-refractivity contribution is 5.92. The summed E-state index contributed by atoms with van der Waals surface area (Å²) in [5.74, 6) is -0.158. The molecule has 1 amide bonds. The van der Waals surface area contributed by atoms with Gasteiger partial charge in [-0.05, 0) is 25.0 Å². The van der Waals surface area contributed by atoms with Crippen molar-refractivity contribution in [3.63, 3.8) is 0 Å². The number of carbonyl (C=O) groups excluding carboxylic acids is 1. The average Bonchev–Trinajstić information content (AvgIpc) is 2.37. The highest BCUT2D eigenvalue weighted by atomic mass is 35.5. The van der Waals surface area contributed by atoms with Crippen molar-refractivity contribution in [2.45, 2.75) is 32.2 Å². The Labute approximate surface area is 121 Å². The van der Waals surface area contributed by atoms with Gasteiger partial charge in [-0.3, -0.25) is 9.78 Å². The standard InChI is InChI=1S/C12H19N3O.2ClH/c1-3-12(4-2,9-13)15-11(16)10-7-5-6-8-14-10;;/h5-8H,3-4,9,13H2,1-2H3,(H,15,16);2*1H. The molecule has 1 rings (SSSR count). The van der Waals surface area contributed by atoms with E-state index < -0.39 is 0 Å². The Morgan fingerprint density at radius 1 is 1.33 bits per heavy atom. The summed E-state index contributed by atoms with van der Waals surface area (Å²) in [4.78, 5) is 15.9. The van der Waals surface area contributed by atoms with Gasteiger partial charge in [0.15, 0.2) is 0 Å². The van der Waals surface area contributed by atoms with Gasteiger partial charge in [-0.1, -0.05) is 19.9 Å². The third-order valence-corrected chi connectivity index (χ3v) is 3.02. The summed E-state index contributed by atoms with van der Waals surface area (Å²) < 4.78 is 0. The lowest BCUT2D eigenvalue weighted by atomic mass is 9.93. The van der Waals surface area contributed by atoms with Crippen molar-refractivity contribution in [3.05, 3.63) is 30.1 Å². The fourth-order valence-electron chi connectivity index (χ4n) is 1.57. The maximum Gasteiger partial charge on any atom is 0.270 e. The molecule has 0 saturated carbocycles. The summed E-state index contributed by atoms with van der Waals surface area (Å²) in [7, 11) is 0. The second-order valence-electron chi connectivity index (χ2n) is 3.86. The Morgan fingerprint density at radius 3 is 2.33 bits per heavy atom. The zero-order chi connectivity index (χ0) is 12.0. The van der Waals surface area contributed by atoms with Crippen molar-refractivity contribution < 1.29 is 4.79 Å². The lowest BCUT2D eigenvalue weighted by Gasteiger charge is -2.31.